The summed E-state index contributed by atoms with van der Waals surface area (Å²) in [5.74, 6) is 0.825. The van der Waals surface area contributed by atoms with Gasteiger partial charge in [0.1, 0.15) is 5.75 Å². The number of benzene rings is 1. The Bertz CT molecular complexity index is 396. The molecular formula is C13H17Cl2NO2. The van der Waals surface area contributed by atoms with E-state index >= 15 is 0 Å². The van der Waals surface area contributed by atoms with Gasteiger partial charge in [-0.3, -0.25) is 4.90 Å². The van der Waals surface area contributed by atoms with Crippen LogP contribution in [0, 0.1) is 0 Å². The number of hydrogen-bond acceptors (Lipinski definition) is 3. The van der Waals surface area contributed by atoms with Crippen molar-refractivity contribution in [2.75, 3.05) is 26.8 Å². The van der Waals surface area contributed by atoms with Gasteiger partial charge in [0.15, 0.2) is 0 Å². The normalized spacial score (nSPS) is 11.9. The Morgan fingerprint density at radius 2 is 2.17 bits per heavy atom. The Morgan fingerprint density at radius 3 is 2.78 bits per heavy atom. The maximum absolute atomic E-state index is 9.06. The fourth-order valence-corrected chi connectivity index (χ4v) is 1.92. The number of aliphatic hydroxyl groups is 1. The first-order chi connectivity index (χ1) is 8.71. The van der Waals surface area contributed by atoms with Crippen molar-refractivity contribution in [2.45, 2.75) is 6.54 Å². The molecule has 0 atom stereocenters. The number of hydrogen-bond donors (Lipinski definition) is 1. The molecule has 0 aliphatic heterocycles. The molecule has 5 heteroatoms. The van der Waals surface area contributed by atoms with E-state index in [-0.39, 0.29) is 6.61 Å². The molecule has 18 heavy (non-hydrogen) atoms. The zero-order valence-corrected chi connectivity index (χ0v) is 11.8. The van der Waals surface area contributed by atoms with Gasteiger partial charge < -0.3 is 9.84 Å². The Kier molecular flexibility index (Phi) is 7.13. The monoisotopic (exact) mass is 289 g/mol. The maximum Gasteiger partial charge on any atom is 0.123 e. The predicted molar refractivity (Wildman–Crippen MR) is 75.1 cm³/mol. The number of ether oxygens (including phenoxy) is 1. The lowest BCUT2D eigenvalue weighted by atomic mass is 10.2. The van der Waals surface area contributed by atoms with Crippen molar-refractivity contribution in [2.24, 2.45) is 0 Å². The maximum atomic E-state index is 9.06. The summed E-state index contributed by atoms with van der Waals surface area (Å²) in [7, 11) is 1.64. The van der Waals surface area contributed by atoms with E-state index in [0.717, 1.165) is 11.3 Å². The average Bonchev–Trinajstić information content (AvgIpc) is 2.39. The molecule has 1 aromatic rings. The van der Waals surface area contributed by atoms with Crippen LogP contribution in [0.1, 0.15) is 5.56 Å². The number of rotatable bonds is 7. The van der Waals surface area contributed by atoms with Crippen LogP contribution < -0.4 is 4.74 Å². The molecular weight excluding hydrogens is 273 g/mol. The van der Waals surface area contributed by atoms with E-state index in [2.05, 4.69) is 0 Å². The Hall–Kier alpha value is -0.740. The number of para-hydroxylation sites is 1. The van der Waals surface area contributed by atoms with Crippen LogP contribution >= 0.6 is 23.2 Å². The highest BCUT2D eigenvalue weighted by molar-refractivity contribution is 6.36. The summed E-state index contributed by atoms with van der Waals surface area (Å²) in [5.41, 5.74) is 2.39. The minimum absolute atomic E-state index is 0.0710. The van der Waals surface area contributed by atoms with Gasteiger partial charge in [-0.05, 0) is 6.07 Å². The van der Waals surface area contributed by atoms with E-state index in [4.69, 9.17) is 33.0 Å². The smallest absolute Gasteiger partial charge is 0.123 e. The standard InChI is InChI=1S/C13H17Cl2NO2/c1-18-13-5-3-2-4-11(13)9-16(6-7-17)10-12(15)8-14/h2-5,8,17H,6-7,9-10H2,1H3/b12-8-. The first-order valence-corrected chi connectivity index (χ1v) is 6.42. The van der Waals surface area contributed by atoms with Crippen molar-refractivity contribution in [1.29, 1.82) is 0 Å². The van der Waals surface area contributed by atoms with E-state index in [1.54, 1.807) is 7.11 Å². The van der Waals surface area contributed by atoms with Gasteiger partial charge in [0.2, 0.25) is 0 Å². The second-order valence-corrected chi connectivity index (χ2v) is 4.51. The molecule has 100 valence electrons. The van der Waals surface area contributed by atoms with Crippen molar-refractivity contribution < 1.29 is 9.84 Å². The predicted octanol–water partition coefficient (Wildman–Crippen LogP) is 2.81. The van der Waals surface area contributed by atoms with E-state index in [0.29, 0.717) is 24.7 Å². The second-order valence-electron chi connectivity index (χ2n) is 3.80. The summed E-state index contributed by atoms with van der Waals surface area (Å²) in [5, 5.41) is 9.60. The molecule has 1 aromatic carbocycles. The van der Waals surface area contributed by atoms with Crippen molar-refractivity contribution in [1.82, 2.24) is 4.90 Å². The van der Waals surface area contributed by atoms with Crippen LogP contribution in [0.3, 0.4) is 0 Å². The minimum atomic E-state index is 0.0710. The van der Waals surface area contributed by atoms with Gasteiger partial charge >= 0.3 is 0 Å². The fourth-order valence-electron chi connectivity index (χ4n) is 1.68. The van der Waals surface area contributed by atoms with Crippen molar-refractivity contribution in [3.8, 4) is 5.75 Å². The molecule has 0 amide bonds. The minimum Gasteiger partial charge on any atom is -0.496 e. The van der Waals surface area contributed by atoms with Gasteiger partial charge in [0.25, 0.3) is 0 Å². The molecule has 0 saturated carbocycles. The lowest BCUT2D eigenvalue weighted by molar-refractivity contribution is 0.201. The van der Waals surface area contributed by atoms with Gasteiger partial charge in [-0.15, -0.1) is 0 Å². The summed E-state index contributed by atoms with van der Waals surface area (Å²) >= 11 is 11.5. The number of nitrogens with zero attached hydrogens (tertiary/aromatic N) is 1. The SMILES string of the molecule is COc1ccccc1CN(CCO)C/C(Cl)=C/Cl. The fraction of sp³-hybridized carbons (Fsp3) is 0.385. The quantitative estimate of drug-likeness (QED) is 0.838. The van der Waals surface area contributed by atoms with Crippen LogP contribution in [0.25, 0.3) is 0 Å². The van der Waals surface area contributed by atoms with Crippen molar-refractivity contribution in [3.05, 3.63) is 40.4 Å². The highest BCUT2D eigenvalue weighted by Crippen LogP contribution is 2.20. The molecule has 1 rings (SSSR count). The first-order valence-electron chi connectivity index (χ1n) is 5.61. The van der Waals surface area contributed by atoms with Crippen molar-refractivity contribution >= 4 is 23.2 Å². The zero-order chi connectivity index (χ0) is 13.4. The molecule has 0 saturated heterocycles. The van der Waals surface area contributed by atoms with Crippen LogP contribution in [-0.4, -0.2) is 36.8 Å². The third-order valence-electron chi connectivity index (χ3n) is 2.50. The summed E-state index contributed by atoms with van der Waals surface area (Å²) in [6.45, 7) is 1.75. The number of methoxy groups -OCH3 is 1. The summed E-state index contributed by atoms with van der Waals surface area (Å²) in [6.07, 6.45) is 0. The highest BCUT2D eigenvalue weighted by Gasteiger charge is 2.10. The summed E-state index contributed by atoms with van der Waals surface area (Å²) < 4.78 is 5.29. The Morgan fingerprint density at radius 1 is 1.44 bits per heavy atom. The molecule has 0 unspecified atom stereocenters. The number of halogens is 2. The molecule has 0 aromatic heterocycles. The van der Waals surface area contributed by atoms with Gasteiger partial charge in [-0.1, -0.05) is 41.4 Å². The average molecular weight is 290 g/mol. The number of aliphatic hydroxyl groups excluding tert-OH is 1. The van der Waals surface area contributed by atoms with E-state index in [9.17, 15) is 0 Å². The topological polar surface area (TPSA) is 32.7 Å². The van der Waals surface area contributed by atoms with Crippen LogP contribution in [-0.2, 0) is 6.54 Å². The van der Waals surface area contributed by atoms with E-state index in [1.165, 1.54) is 5.54 Å². The molecule has 3 nitrogen and oxygen atoms in total. The van der Waals surface area contributed by atoms with Crippen LogP contribution in [0.2, 0.25) is 0 Å². The van der Waals surface area contributed by atoms with E-state index in [1.807, 2.05) is 29.2 Å². The zero-order valence-electron chi connectivity index (χ0n) is 10.3. The molecule has 0 bridgehead atoms. The highest BCUT2D eigenvalue weighted by atomic mass is 35.5. The molecule has 0 heterocycles. The van der Waals surface area contributed by atoms with Gasteiger partial charge in [0.05, 0.1) is 13.7 Å². The van der Waals surface area contributed by atoms with Crippen LogP contribution in [0.5, 0.6) is 5.75 Å². The Balaban J connectivity index is 2.76. The molecule has 0 spiro atoms. The molecule has 0 aliphatic carbocycles. The summed E-state index contributed by atoms with van der Waals surface area (Å²) in [4.78, 5) is 2.00. The van der Waals surface area contributed by atoms with Crippen LogP contribution in [0.15, 0.2) is 34.8 Å². The molecule has 1 N–H and O–H groups in total. The first kappa shape index (κ1) is 15.3. The molecule has 0 aliphatic rings. The molecule has 0 fully saturated rings. The third kappa shape index (κ3) is 4.86. The lowest BCUT2D eigenvalue weighted by Crippen LogP contribution is -2.28. The largest absolute Gasteiger partial charge is 0.496 e. The lowest BCUT2D eigenvalue weighted by Gasteiger charge is -2.21. The van der Waals surface area contributed by atoms with Gasteiger partial charge in [-0.2, -0.15) is 0 Å². The molecule has 0 radical (unpaired) electrons. The van der Waals surface area contributed by atoms with Crippen molar-refractivity contribution in [3.63, 3.8) is 0 Å². The summed E-state index contributed by atoms with van der Waals surface area (Å²) in [6, 6.07) is 7.77. The van der Waals surface area contributed by atoms with Gasteiger partial charge in [0, 0.05) is 35.8 Å². The Labute approximate surface area is 118 Å². The van der Waals surface area contributed by atoms with Gasteiger partial charge in [-0.25, -0.2) is 0 Å². The van der Waals surface area contributed by atoms with E-state index < -0.39 is 0 Å². The third-order valence-corrected chi connectivity index (χ3v) is 3.10. The van der Waals surface area contributed by atoms with Crippen LogP contribution in [0.4, 0.5) is 0 Å². The second kappa shape index (κ2) is 8.38.